The van der Waals surface area contributed by atoms with Gasteiger partial charge in [0.05, 0.1) is 10.7 Å². The van der Waals surface area contributed by atoms with Gasteiger partial charge in [0.2, 0.25) is 5.91 Å². The van der Waals surface area contributed by atoms with E-state index in [0.717, 1.165) is 18.6 Å². The fourth-order valence-electron chi connectivity index (χ4n) is 2.74. The third kappa shape index (κ3) is 2.30. The van der Waals surface area contributed by atoms with Crippen molar-refractivity contribution in [1.82, 2.24) is 4.90 Å². The molecule has 0 bridgehead atoms. The van der Waals surface area contributed by atoms with E-state index in [1.807, 2.05) is 13.8 Å². The number of carbonyl (C=O) groups excluding carboxylic acids is 1. The quantitative estimate of drug-likeness (QED) is 0.813. The number of nitrogens with zero attached hydrogens (tertiary/aromatic N) is 1. The lowest BCUT2D eigenvalue weighted by atomic mass is 9.99. The molecule has 0 aromatic rings. The molecule has 0 aromatic heterocycles. The van der Waals surface area contributed by atoms with Gasteiger partial charge in [-0.15, -0.1) is 11.8 Å². The van der Waals surface area contributed by atoms with Crippen molar-refractivity contribution < 1.29 is 14.7 Å². The van der Waals surface area contributed by atoms with Gasteiger partial charge in [-0.1, -0.05) is 6.92 Å². The van der Waals surface area contributed by atoms with Crippen LogP contribution >= 0.6 is 11.8 Å². The molecule has 2 aliphatic rings. The standard InChI is InChI=1S/C12H19NO3S/c1-8-6-13(7-9(8)10(14)15)11(16)12(2)4-3-5-17-12/h8-9H,3-7H2,1-2H3,(H,14,15)/t8-,9-,12?/m1/s1. The molecule has 2 heterocycles. The number of hydrogen-bond acceptors (Lipinski definition) is 3. The molecule has 2 rings (SSSR count). The second-order valence-electron chi connectivity index (χ2n) is 5.32. The summed E-state index contributed by atoms with van der Waals surface area (Å²) >= 11 is 1.71. The number of rotatable bonds is 2. The molecule has 2 saturated heterocycles. The third-order valence-corrected chi connectivity index (χ3v) is 5.40. The maximum Gasteiger partial charge on any atom is 0.308 e. The minimum absolute atomic E-state index is 0.0615. The normalized spacial score (nSPS) is 37.4. The van der Waals surface area contributed by atoms with Crippen LogP contribution in [0.4, 0.5) is 0 Å². The number of amides is 1. The Morgan fingerprint density at radius 1 is 1.41 bits per heavy atom. The Balaban J connectivity index is 2.05. The summed E-state index contributed by atoms with van der Waals surface area (Å²) in [7, 11) is 0. The van der Waals surface area contributed by atoms with Gasteiger partial charge in [-0.3, -0.25) is 9.59 Å². The Labute approximate surface area is 106 Å². The van der Waals surface area contributed by atoms with E-state index in [-0.39, 0.29) is 16.6 Å². The first kappa shape index (κ1) is 12.7. The smallest absolute Gasteiger partial charge is 0.308 e. The van der Waals surface area contributed by atoms with Gasteiger partial charge in [-0.2, -0.15) is 0 Å². The largest absolute Gasteiger partial charge is 0.481 e. The molecule has 1 N–H and O–H groups in total. The molecule has 5 heteroatoms. The fourth-order valence-corrected chi connectivity index (χ4v) is 4.02. The highest BCUT2D eigenvalue weighted by Gasteiger charge is 2.45. The molecule has 0 spiro atoms. The second kappa shape index (κ2) is 4.52. The first-order valence-corrected chi connectivity index (χ1v) is 7.09. The van der Waals surface area contributed by atoms with E-state index in [2.05, 4.69) is 0 Å². The third-order valence-electron chi connectivity index (χ3n) is 3.89. The van der Waals surface area contributed by atoms with E-state index >= 15 is 0 Å². The van der Waals surface area contributed by atoms with Gasteiger partial charge in [-0.05, 0) is 31.4 Å². The zero-order valence-electron chi connectivity index (χ0n) is 10.3. The van der Waals surface area contributed by atoms with Gasteiger partial charge in [0, 0.05) is 13.1 Å². The number of carbonyl (C=O) groups is 2. The van der Waals surface area contributed by atoms with Gasteiger partial charge in [0.15, 0.2) is 0 Å². The van der Waals surface area contributed by atoms with Crippen LogP contribution in [0, 0.1) is 11.8 Å². The zero-order valence-corrected chi connectivity index (χ0v) is 11.1. The van der Waals surface area contributed by atoms with Crippen molar-refractivity contribution in [1.29, 1.82) is 0 Å². The molecule has 17 heavy (non-hydrogen) atoms. The van der Waals surface area contributed by atoms with Crippen molar-refractivity contribution in [3.8, 4) is 0 Å². The maximum atomic E-state index is 12.4. The van der Waals surface area contributed by atoms with Crippen LogP contribution < -0.4 is 0 Å². The van der Waals surface area contributed by atoms with E-state index < -0.39 is 11.9 Å². The van der Waals surface area contributed by atoms with Crippen LogP contribution in [-0.4, -0.2) is 45.5 Å². The minimum atomic E-state index is -0.781. The Morgan fingerprint density at radius 3 is 2.59 bits per heavy atom. The summed E-state index contributed by atoms with van der Waals surface area (Å²) in [5, 5.41) is 9.07. The average molecular weight is 257 g/mol. The molecule has 4 nitrogen and oxygen atoms in total. The van der Waals surface area contributed by atoms with Crippen molar-refractivity contribution in [3.05, 3.63) is 0 Å². The summed E-state index contributed by atoms with van der Waals surface area (Å²) in [5.41, 5.74) is 0. The van der Waals surface area contributed by atoms with Gasteiger partial charge in [0.25, 0.3) is 0 Å². The first-order chi connectivity index (χ1) is 7.94. The van der Waals surface area contributed by atoms with Gasteiger partial charge >= 0.3 is 5.97 Å². The number of carboxylic acids is 1. The molecule has 2 fully saturated rings. The SMILES string of the molecule is C[C@@H]1CN(C(=O)C2(C)CCCS2)C[C@H]1C(=O)O. The summed E-state index contributed by atoms with van der Waals surface area (Å²) in [6.45, 7) is 4.87. The van der Waals surface area contributed by atoms with Gasteiger partial charge in [0.1, 0.15) is 0 Å². The van der Waals surface area contributed by atoms with Crippen LogP contribution in [-0.2, 0) is 9.59 Å². The fraction of sp³-hybridized carbons (Fsp3) is 0.833. The minimum Gasteiger partial charge on any atom is -0.481 e. The van der Waals surface area contributed by atoms with Crippen molar-refractivity contribution in [2.45, 2.75) is 31.4 Å². The topological polar surface area (TPSA) is 57.6 Å². The molecule has 0 saturated carbocycles. The Morgan fingerprint density at radius 2 is 2.12 bits per heavy atom. The number of likely N-dealkylation sites (tertiary alicyclic amines) is 1. The lowest BCUT2D eigenvalue weighted by Crippen LogP contribution is -2.43. The molecule has 3 atom stereocenters. The molecule has 0 radical (unpaired) electrons. The highest BCUT2D eigenvalue weighted by molar-refractivity contribution is 8.01. The van der Waals surface area contributed by atoms with Crippen LogP contribution in [0.1, 0.15) is 26.7 Å². The highest BCUT2D eigenvalue weighted by Crippen LogP contribution is 2.40. The molecular formula is C12H19NO3S. The predicted molar refractivity (Wildman–Crippen MR) is 67.0 cm³/mol. The van der Waals surface area contributed by atoms with Crippen LogP contribution in [0.5, 0.6) is 0 Å². The van der Waals surface area contributed by atoms with Gasteiger partial charge < -0.3 is 10.0 Å². The number of thioether (sulfide) groups is 1. The van der Waals surface area contributed by atoms with Gasteiger partial charge in [-0.25, -0.2) is 0 Å². The number of carboxylic acid groups (broad SMARTS) is 1. The van der Waals surface area contributed by atoms with Crippen molar-refractivity contribution >= 4 is 23.6 Å². The van der Waals surface area contributed by atoms with E-state index in [1.165, 1.54) is 0 Å². The van der Waals surface area contributed by atoms with Crippen LogP contribution in [0.3, 0.4) is 0 Å². The maximum absolute atomic E-state index is 12.4. The van der Waals surface area contributed by atoms with Crippen LogP contribution in [0.2, 0.25) is 0 Å². The Hall–Kier alpha value is -0.710. The van der Waals surface area contributed by atoms with Crippen molar-refractivity contribution in [3.63, 3.8) is 0 Å². The van der Waals surface area contributed by atoms with E-state index in [4.69, 9.17) is 5.11 Å². The van der Waals surface area contributed by atoms with Crippen LogP contribution in [0.25, 0.3) is 0 Å². The van der Waals surface area contributed by atoms with E-state index in [9.17, 15) is 9.59 Å². The molecule has 1 amide bonds. The summed E-state index contributed by atoms with van der Waals surface area (Å²) in [4.78, 5) is 25.2. The predicted octanol–water partition coefficient (Wildman–Crippen LogP) is 1.45. The molecular weight excluding hydrogens is 238 g/mol. The highest BCUT2D eigenvalue weighted by atomic mass is 32.2. The second-order valence-corrected chi connectivity index (χ2v) is 6.91. The molecule has 1 unspecified atom stereocenters. The molecule has 2 aliphatic heterocycles. The summed E-state index contributed by atoms with van der Waals surface area (Å²) < 4.78 is -0.312. The summed E-state index contributed by atoms with van der Waals surface area (Å²) in [5.74, 6) is 0.0570. The lowest BCUT2D eigenvalue weighted by molar-refractivity contribution is -0.142. The molecule has 0 aromatic carbocycles. The summed E-state index contributed by atoms with van der Waals surface area (Å²) in [6.07, 6.45) is 2.00. The number of hydrogen-bond donors (Lipinski definition) is 1. The van der Waals surface area contributed by atoms with Crippen molar-refractivity contribution in [2.75, 3.05) is 18.8 Å². The Bertz CT molecular complexity index is 339. The Kier molecular flexibility index (Phi) is 3.39. The van der Waals surface area contributed by atoms with E-state index in [0.29, 0.717) is 13.1 Å². The van der Waals surface area contributed by atoms with E-state index in [1.54, 1.807) is 16.7 Å². The lowest BCUT2D eigenvalue weighted by Gasteiger charge is -2.28. The summed E-state index contributed by atoms with van der Waals surface area (Å²) in [6, 6.07) is 0. The van der Waals surface area contributed by atoms with Crippen LogP contribution in [0.15, 0.2) is 0 Å². The monoisotopic (exact) mass is 257 g/mol. The average Bonchev–Trinajstić information content (AvgIpc) is 2.84. The first-order valence-electron chi connectivity index (χ1n) is 6.10. The molecule has 0 aliphatic carbocycles. The number of aliphatic carboxylic acids is 1. The molecule has 96 valence electrons. The van der Waals surface area contributed by atoms with Crippen molar-refractivity contribution in [2.24, 2.45) is 11.8 Å². The zero-order chi connectivity index (χ0) is 12.6.